The summed E-state index contributed by atoms with van der Waals surface area (Å²) in [5.74, 6) is 0. The minimum atomic E-state index is -0.544. The number of rotatable bonds is 11. The van der Waals surface area contributed by atoms with E-state index in [9.17, 15) is 10.6 Å². The van der Waals surface area contributed by atoms with E-state index in [1.807, 2.05) is 72.8 Å². The van der Waals surface area contributed by atoms with Gasteiger partial charge in [-0.2, -0.15) is 0 Å². The molecule has 0 aromatic heterocycles. The molecule has 1 N–H and O–H groups in total. The molecule has 0 amide bonds. The van der Waals surface area contributed by atoms with Crippen molar-refractivity contribution in [3.63, 3.8) is 0 Å². The van der Waals surface area contributed by atoms with Crippen LogP contribution in [0.3, 0.4) is 0 Å². The van der Waals surface area contributed by atoms with Crippen molar-refractivity contribution in [2.24, 2.45) is 5.11 Å². The highest BCUT2D eigenvalue weighted by Gasteiger charge is 2.41. The van der Waals surface area contributed by atoms with Crippen molar-refractivity contribution in [1.82, 2.24) is 9.80 Å². The molecule has 0 unspecified atom stereocenters. The molecular formula is C46H43Cl2N5O. The zero-order valence-electron chi connectivity index (χ0n) is 29.9. The minimum Gasteiger partial charge on any atom is -0.387 e. The smallest absolute Gasteiger partial charge is 0.0946 e. The SMILES string of the molecule is O[C@H](c1cccc(Cl)c1)[C@@H]1CCN1C(c1ccccc1)c1ccccc1.[N-]=[N+]=N[C@@H](c1cccc(Cl)c1)[C@@H]1CCN1C(c1ccccc1)c1ccccc1. The molecule has 0 aliphatic carbocycles. The summed E-state index contributed by atoms with van der Waals surface area (Å²) in [6, 6.07) is 57.5. The molecule has 6 nitrogen and oxygen atoms in total. The summed E-state index contributed by atoms with van der Waals surface area (Å²) in [5, 5.41) is 16.5. The molecule has 0 saturated carbocycles. The Balaban J connectivity index is 0.000000167. The van der Waals surface area contributed by atoms with Gasteiger partial charge in [-0.3, -0.25) is 9.80 Å². The van der Waals surface area contributed by atoms with E-state index in [1.54, 1.807) is 0 Å². The van der Waals surface area contributed by atoms with Crippen LogP contribution in [0.5, 0.6) is 0 Å². The molecule has 2 fully saturated rings. The van der Waals surface area contributed by atoms with E-state index in [0.29, 0.717) is 10.0 Å². The largest absolute Gasteiger partial charge is 0.387 e. The van der Waals surface area contributed by atoms with Gasteiger partial charge in [0.25, 0.3) is 0 Å². The lowest BCUT2D eigenvalue weighted by atomic mass is 9.85. The maximum Gasteiger partial charge on any atom is 0.0946 e. The molecule has 2 saturated heterocycles. The highest BCUT2D eigenvalue weighted by Crippen LogP contribution is 2.43. The number of azide groups is 1. The number of halogens is 2. The van der Waals surface area contributed by atoms with Crippen molar-refractivity contribution in [3.8, 4) is 0 Å². The predicted molar refractivity (Wildman–Crippen MR) is 219 cm³/mol. The summed E-state index contributed by atoms with van der Waals surface area (Å²) in [6.07, 6.45) is 1.41. The van der Waals surface area contributed by atoms with Crippen molar-refractivity contribution in [1.29, 1.82) is 0 Å². The van der Waals surface area contributed by atoms with Crippen LogP contribution in [0, 0.1) is 0 Å². The molecule has 6 aromatic rings. The zero-order chi connectivity index (χ0) is 37.3. The first-order valence-electron chi connectivity index (χ1n) is 18.5. The van der Waals surface area contributed by atoms with E-state index in [2.05, 4.69) is 117 Å². The van der Waals surface area contributed by atoms with Crippen LogP contribution in [0.25, 0.3) is 10.4 Å². The van der Waals surface area contributed by atoms with Gasteiger partial charge in [-0.25, -0.2) is 0 Å². The van der Waals surface area contributed by atoms with Gasteiger partial charge in [-0.15, -0.1) is 0 Å². The Morgan fingerprint density at radius 3 is 1.26 bits per heavy atom. The number of hydrogen-bond donors (Lipinski definition) is 1. The van der Waals surface area contributed by atoms with Gasteiger partial charge >= 0.3 is 0 Å². The molecule has 4 atom stereocenters. The number of aliphatic hydroxyl groups excluding tert-OH is 1. The first-order valence-corrected chi connectivity index (χ1v) is 19.2. The third kappa shape index (κ3) is 8.56. The fraction of sp³-hybridized carbons (Fsp3) is 0.217. The van der Waals surface area contributed by atoms with E-state index in [1.165, 1.54) is 22.3 Å². The average Bonchev–Trinajstić information content (AvgIpc) is 3.19. The van der Waals surface area contributed by atoms with Gasteiger partial charge in [0.2, 0.25) is 0 Å². The fourth-order valence-corrected chi connectivity index (χ4v) is 8.29. The molecule has 0 spiro atoms. The molecule has 6 aromatic carbocycles. The first kappa shape index (κ1) is 37.4. The molecular weight excluding hydrogens is 709 g/mol. The second-order valence-corrected chi connectivity index (χ2v) is 14.7. The van der Waals surface area contributed by atoms with Crippen LogP contribution in [-0.2, 0) is 0 Å². The van der Waals surface area contributed by atoms with Crippen LogP contribution in [0.1, 0.15) is 70.5 Å². The van der Waals surface area contributed by atoms with Gasteiger partial charge in [-0.1, -0.05) is 174 Å². The maximum absolute atomic E-state index is 11.0. The summed E-state index contributed by atoms with van der Waals surface area (Å²) in [7, 11) is 0. The molecule has 0 radical (unpaired) electrons. The summed E-state index contributed by atoms with van der Waals surface area (Å²) >= 11 is 12.3. The normalized spacial score (nSPS) is 18.0. The molecule has 2 aliphatic rings. The lowest BCUT2D eigenvalue weighted by Gasteiger charge is -2.49. The predicted octanol–water partition coefficient (Wildman–Crippen LogP) is 11.8. The monoisotopic (exact) mass is 751 g/mol. The van der Waals surface area contributed by atoms with Crippen molar-refractivity contribution >= 4 is 23.2 Å². The van der Waals surface area contributed by atoms with E-state index in [0.717, 1.165) is 37.1 Å². The van der Waals surface area contributed by atoms with Crippen LogP contribution in [0.15, 0.2) is 175 Å². The first-order chi connectivity index (χ1) is 26.5. The molecule has 0 bridgehead atoms. The van der Waals surface area contributed by atoms with Gasteiger partial charge in [0.1, 0.15) is 0 Å². The minimum absolute atomic E-state index is 0.0823. The second kappa shape index (κ2) is 17.9. The number of nitrogens with zero attached hydrogens (tertiary/aromatic N) is 5. The Bertz CT molecular complexity index is 2050. The Kier molecular flexibility index (Phi) is 12.4. The summed E-state index contributed by atoms with van der Waals surface area (Å²) in [6.45, 7) is 1.92. The van der Waals surface area contributed by atoms with Crippen LogP contribution in [0.2, 0.25) is 10.0 Å². The third-order valence-electron chi connectivity index (χ3n) is 10.6. The van der Waals surface area contributed by atoms with Gasteiger partial charge in [0.15, 0.2) is 0 Å². The van der Waals surface area contributed by atoms with E-state index < -0.39 is 6.10 Å². The standard InChI is InChI=1S/C23H21ClN4.C23H22ClNO/c24-20-13-7-12-19(16-20)22(26-27-25)21-14-15-28(21)23(17-8-3-1-4-9-17)18-10-5-2-6-11-18;24-20-13-7-12-19(16-20)23(26)21-14-15-25(21)22(17-8-3-1-4-9-17)18-10-5-2-6-11-18/h1-13,16,21-23H,14-15H2;1-13,16,21-23,26H,14-15H2/t21-,22-;21-,23+/m00/s1. The summed E-state index contributed by atoms with van der Waals surface area (Å²) < 4.78 is 0. The van der Waals surface area contributed by atoms with E-state index >= 15 is 0 Å². The summed E-state index contributed by atoms with van der Waals surface area (Å²) in [5.41, 5.74) is 16.0. The van der Waals surface area contributed by atoms with E-state index in [-0.39, 0.29) is 30.2 Å². The second-order valence-electron chi connectivity index (χ2n) is 13.8. The van der Waals surface area contributed by atoms with Crippen LogP contribution < -0.4 is 0 Å². The summed E-state index contributed by atoms with van der Waals surface area (Å²) in [4.78, 5) is 7.97. The van der Waals surface area contributed by atoms with Crippen LogP contribution >= 0.6 is 23.2 Å². The highest BCUT2D eigenvalue weighted by molar-refractivity contribution is 6.30. The fourth-order valence-electron chi connectivity index (χ4n) is 7.89. The maximum atomic E-state index is 11.0. The Morgan fingerprint density at radius 1 is 0.519 bits per heavy atom. The quantitative estimate of drug-likeness (QED) is 0.0813. The Hall–Kier alpha value is -4.91. The number of benzene rings is 6. The highest BCUT2D eigenvalue weighted by atomic mass is 35.5. The van der Waals surface area contributed by atoms with Crippen molar-refractivity contribution in [3.05, 3.63) is 224 Å². The average molecular weight is 753 g/mol. The number of hydrogen-bond acceptors (Lipinski definition) is 4. The van der Waals surface area contributed by atoms with Gasteiger partial charge in [-0.05, 0) is 76.0 Å². The van der Waals surface area contributed by atoms with Gasteiger partial charge in [0, 0.05) is 40.1 Å². The van der Waals surface area contributed by atoms with Crippen LogP contribution in [-0.4, -0.2) is 40.1 Å². The molecule has 8 rings (SSSR count). The number of aliphatic hydroxyl groups is 1. The Labute approximate surface area is 327 Å². The molecule has 54 heavy (non-hydrogen) atoms. The zero-order valence-corrected chi connectivity index (χ0v) is 31.4. The van der Waals surface area contributed by atoms with Gasteiger partial charge in [0.05, 0.1) is 24.2 Å². The lowest BCUT2D eigenvalue weighted by molar-refractivity contribution is -0.0343. The van der Waals surface area contributed by atoms with Crippen molar-refractivity contribution in [2.75, 3.05) is 13.1 Å². The van der Waals surface area contributed by atoms with Crippen LogP contribution in [0.4, 0.5) is 0 Å². The molecule has 8 heteroatoms. The van der Waals surface area contributed by atoms with E-state index in [4.69, 9.17) is 23.2 Å². The van der Waals surface area contributed by atoms with Crippen molar-refractivity contribution in [2.45, 2.75) is 49.2 Å². The number of likely N-dealkylation sites (tertiary alicyclic amines) is 2. The third-order valence-corrected chi connectivity index (χ3v) is 11.1. The van der Waals surface area contributed by atoms with Crippen molar-refractivity contribution < 1.29 is 5.11 Å². The van der Waals surface area contributed by atoms with Gasteiger partial charge < -0.3 is 5.11 Å². The topological polar surface area (TPSA) is 75.5 Å². The Morgan fingerprint density at radius 2 is 0.889 bits per heavy atom. The molecule has 272 valence electrons. The molecule has 2 heterocycles. The molecule has 2 aliphatic heterocycles. The lowest BCUT2D eigenvalue weighted by Crippen LogP contribution is -2.52.